The fourth-order valence-electron chi connectivity index (χ4n) is 4.89. The third kappa shape index (κ3) is 5.22. The predicted molar refractivity (Wildman–Crippen MR) is 140 cm³/mol. The summed E-state index contributed by atoms with van der Waals surface area (Å²) in [4.78, 5) is 17.8. The van der Waals surface area contributed by atoms with Gasteiger partial charge in [-0.2, -0.15) is 0 Å². The molecule has 36 heavy (non-hydrogen) atoms. The molecule has 7 nitrogen and oxygen atoms in total. The summed E-state index contributed by atoms with van der Waals surface area (Å²) in [6, 6.07) is 25.8. The molecule has 1 atom stereocenters. The molecule has 1 aliphatic heterocycles. The first kappa shape index (κ1) is 23.9. The molecule has 3 aromatic carbocycles. The zero-order valence-electron chi connectivity index (χ0n) is 20.5. The first-order valence-electron chi connectivity index (χ1n) is 12.4. The maximum absolute atomic E-state index is 11.3. The van der Waals surface area contributed by atoms with Crippen molar-refractivity contribution < 1.29 is 9.90 Å². The van der Waals surface area contributed by atoms with E-state index in [1.165, 1.54) is 34.2 Å². The SMILES string of the molecule is Cc1nc(C(N)=O)nn1-c1ccc(Cc2ccc(-c3ccc(CN4CCCC4CO)cc3)cc2)cc1. The van der Waals surface area contributed by atoms with E-state index in [9.17, 15) is 9.90 Å². The van der Waals surface area contributed by atoms with Crippen LogP contribution in [0.4, 0.5) is 0 Å². The molecule has 4 aromatic rings. The third-order valence-electron chi connectivity index (χ3n) is 6.92. The number of carbonyl (C=O) groups excluding carboxylic acids is 1. The molecule has 1 aromatic heterocycles. The van der Waals surface area contributed by atoms with Gasteiger partial charge in [0.25, 0.3) is 5.91 Å². The van der Waals surface area contributed by atoms with Crippen molar-refractivity contribution in [1.29, 1.82) is 0 Å². The van der Waals surface area contributed by atoms with Crippen molar-refractivity contribution in [1.82, 2.24) is 19.7 Å². The highest BCUT2D eigenvalue weighted by Gasteiger charge is 2.23. The lowest BCUT2D eigenvalue weighted by Crippen LogP contribution is -2.31. The largest absolute Gasteiger partial charge is 0.395 e. The van der Waals surface area contributed by atoms with Gasteiger partial charge in [-0.1, -0.05) is 60.7 Å². The second-order valence-electron chi connectivity index (χ2n) is 9.44. The van der Waals surface area contributed by atoms with Crippen LogP contribution in [0.1, 0.15) is 46.0 Å². The molecular formula is C29H31N5O2. The Morgan fingerprint density at radius 3 is 2.08 bits per heavy atom. The van der Waals surface area contributed by atoms with Gasteiger partial charge in [0.1, 0.15) is 5.82 Å². The Balaban J connectivity index is 1.22. The molecular weight excluding hydrogens is 450 g/mol. The molecule has 2 heterocycles. The van der Waals surface area contributed by atoms with Gasteiger partial charge in [0.15, 0.2) is 0 Å². The third-order valence-corrected chi connectivity index (χ3v) is 6.92. The lowest BCUT2D eigenvalue weighted by molar-refractivity contribution is 0.0990. The number of nitrogens with zero attached hydrogens (tertiary/aromatic N) is 4. The summed E-state index contributed by atoms with van der Waals surface area (Å²) in [7, 11) is 0. The molecule has 1 saturated heterocycles. The monoisotopic (exact) mass is 481 g/mol. The highest BCUT2D eigenvalue weighted by Crippen LogP contribution is 2.24. The Hall–Kier alpha value is -3.81. The number of aryl methyl sites for hydroxylation is 1. The molecule has 7 heteroatoms. The quantitative estimate of drug-likeness (QED) is 0.398. The molecule has 1 amide bonds. The number of aliphatic hydroxyl groups is 1. The van der Waals surface area contributed by atoms with E-state index in [1.807, 2.05) is 12.1 Å². The number of carbonyl (C=O) groups is 1. The first-order chi connectivity index (χ1) is 17.5. The Kier molecular flexibility index (Phi) is 6.93. The smallest absolute Gasteiger partial charge is 0.288 e. The summed E-state index contributed by atoms with van der Waals surface area (Å²) in [6.45, 7) is 4.00. The summed E-state index contributed by atoms with van der Waals surface area (Å²) in [5.74, 6) is 0.00457. The highest BCUT2D eigenvalue weighted by molar-refractivity contribution is 5.88. The van der Waals surface area contributed by atoms with Crippen LogP contribution in [0.15, 0.2) is 72.8 Å². The van der Waals surface area contributed by atoms with E-state index in [2.05, 4.69) is 75.6 Å². The van der Waals surface area contributed by atoms with Crippen LogP contribution in [0.3, 0.4) is 0 Å². The van der Waals surface area contributed by atoms with E-state index in [-0.39, 0.29) is 12.4 Å². The van der Waals surface area contributed by atoms with E-state index in [4.69, 9.17) is 5.73 Å². The van der Waals surface area contributed by atoms with Crippen molar-refractivity contribution in [3.8, 4) is 16.8 Å². The number of aromatic nitrogens is 3. The molecule has 1 aliphatic rings. The zero-order valence-corrected chi connectivity index (χ0v) is 20.5. The summed E-state index contributed by atoms with van der Waals surface area (Å²) in [5, 5.41) is 13.7. The van der Waals surface area contributed by atoms with E-state index in [0.29, 0.717) is 11.9 Å². The minimum atomic E-state index is -0.633. The number of hydrogen-bond donors (Lipinski definition) is 2. The number of benzene rings is 3. The lowest BCUT2D eigenvalue weighted by atomic mass is 9.99. The number of likely N-dealkylation sites (tertiary alicyclic amines) is 1. The molecule has 0 spiro atoms. The number of amides is 1. The van der Waals surface area contributed by atoms with Crippen LogP contribution in [-0.2, 0) is 13.0 Å². The Labute approximate surface area is 211 Å². The van der Waals surface area contributed by atoms with Crippen molar-refractivity contribution in [2.24, 2.45) is 5.73 Å². The van der Waals surface area contributed by atoms with E-state index in [0.717, 1.165) is 31.6 Å². The topological polar surface area (TPSA) is 97.3 Å². The minimum absolute atomic E-state index is 0.0215. The molecule has 3 N–H and O–H groups in total. The van der Waals surface area contributed by atoms with Crippen LogP contribution in [0.5, 0.6) is 0 Å². The predicted octanol–water partition coefficient (Wildman–Crippen LogP) is 3.89. The van der Waals surface area contributed by atoms with Gasteiger partial charge in [0.2, 0.25) is 5.82 Å². The molecule has 0 bridgehead atoms. The van der Waals surface area contributed by atoms with E-state index >= 15 is 0 Å². The van der Waals surface area contributed by atoms with Crippen LogP contribution in [0, 0.1) is 6.92 Å². The van der Waals surface area contributed by atoms with Crippen LogP contribution >= 0.6 is 0 Å². The van der Waals surface area contributed by atoms with Crippen LogP contribution < -0.4 is 5.73 Å². The van der Waals surface area contributed by atoms with Crippen molar-refractivity contribution in [2.45, 2.75) is 38.8 Å². The second kappa shape index (κ2) is 10.4. The van der Waals surface area contributed by atoms with Crippen molar-refractivity contribution in [3.05, 3.63) is 101 Å². The first-order valence-corrected chi connectivity index (χ1v) is 12.4. The van der Waals surface area contributed by atoms with Gasteiger partial charge in [-0.05, 0) is 72.7 Å². The second-order valence-corrected chi connectivity index (χ2v) is 9.44. The number of rotatable bonds is 8. The number of aliphatic hydroxyl groups excluding tert-OH is 1. The molecule has 1 fully saturated rings. The van der Waals surface area contributed by atoms with Gasteiger partial charge in [-0.25, -0.2) is 9.67 Å². The van der Waals surface area contributed by atoms with Crippen LogP contribution in [0.25, 0.3) is 16.8 Å². The van der Waals surface area contributed by atoms with Crippen molar-refractivity contribution in [2.75, 3.05) is 13.2 Å². The molecule has 1 unspecified atom stereocenters. The fourth-order valence-corrected chi connectivity index (χ4v) is 4.89. The van der Waals surface area contributed by atoms with Crippen LogP contribution in [-0.4, -0.2) is 49.9 Å². The standard InChI is InChI=1S/C29H31N5O2/c1-20-31-29(28(30)36)32-34(20)26-14-8-22(9-15-26)17-21-4-10-24(11-5-21)25-12-6-23(7-13-25)18-33-16-2-3-27(33)19-35/h4-15,27,35H,2-3,16-19H2,1H3,(H2,30,36). The lowest BCUT2D eigenvalue weighted by Gasteiger charge is -2.22. The summed E-state index contributed by atoms with van der Waals surface area (Å²) in [6.07, 6.45) is 3.08. The summed E-state index contributed by atoms with van der Waals surface area (Å²) in [5.41, 5.74) is 12.2. The summed E-state index contributed by atoms with van der Waals surface area (Å²) < 4.78 is 1.63. The average molecular weight is 482 g/mol. The zero-order chi connectivity index (χ0) is 25.1. The van der Waals surface area contributed by atoms with Gasteiger partial charge >= 0.3 is 0 Å². The van der Waals surface area contributed by atoms with Crippen molar-refractivity contribution >= 4 is 5.91 Å². The van der Waals surface area contributed by atoms with Crippen LogP contribution in [0.2, 0.25) is 0 Å². The van der Waals surface area contributed by atoms with Gasteiger partial charge in [0, 0.05) is 12.6 Å². The molecule has 184 valence electrons. The van der Waals surface area contributed by atoms with Gasteiger partial charge < -0.3 is 10.8 Å². The number of primary amides is 1. The fraction of sp³-hybridized carbons (Fsp3) is 0.276. The van der Waals surface area contributed by atoms with Gasteiger partial charge in [0.05, 0.1) is 12.3 Å². The molecule has 0 saturated carbocycles. The van der Waals surface area contributed by atoms with E-state index in [1.54, 1.807) is 11.6 Å². The molecule has 5 rings (SSSR count). The summed E-state index contributed by atoms with van der Waals surface area (Å²) >= 11 is 0. The molecule has 0 radical (unpaired) electrons. The molecule has 0 aliphatic carbocycles. The minimum Gasteiger partial charge on any atom is -0.395 e. The van der Waals surface area contributed by atoms with Gasteiger partial charge in [-0.15, -0.1) is 5.10 Å². The number of nitrogens with two attached hydrogens (primary N) is 1. The normalized spacial score (nSPS) is 15.9. The Morgan fingerprint density at radius 1 is 0.944 bits per heavy atom. The average Bonchev–Trinajstić information content (AvgIpc) is 3.52. The van der Waals surface area contributed by atoms with Crippen molar-refractivity contribution in [3.63, 3.8) is 0 Å². The Morgan fingerprint density at radius 2 is 1.53 bits per heavy atom. The highest BCUT2D eigenvalue weighted by atomic mass is 16.3. The van der Waals surface area contributed by atoms with Gasteiger partial charge in [-0.3, -0.25) is 9.69 Å². The maximum Gasteiger partial charge on any atom is 0.288 e. The number of hydrogen-bond acceptors (Lipinski definition) is 5. The maximum atomic E-state index is 11.3. The van der Waals surface area contributed by atoms with E-state index < -0.39 is 5.91 Å². The Bertz CT molecular complexity index is 1330.